The van der Waals surface area contributed by atoms with Crippen molar-refractivity contribution >= 4 is 5.96 Å². The number of allylic oxidation sites excluding steroid dienone is 1. The van der Waals surface area contributed by atoms with Crippen LogP contribution in [0, 0.1) is 0 Å². The van der Waals surface area contributed by atoms with Gasteiger partial charge in [0.05, 0.1) is 17.9 Å². The van der Waals surface area contributed by atoms with E-state index in [1.807, 2.05) is 6.08 Å². The molecular weight excluding hydrogens is 210 g/mol. The lowest BCUT2D eigenvalue weighted by Gasteiger charge is -2.30. The zero-order chi connectivity index (χ0) is 12.1. The van der Waals surface area contributed by atoms with E-state index in [4.69, 9.17) is 21.3 Å². The topological polar surface area (TPSA) is 114 Å². The molecule has 0 fully saturated rings. The van der Waals surface area contributed by atoms with E-state index < -0.39 is 6.10 Å². The van der Waals surface area contributed by atoms with Crippen LogP contribution in [-0.2, 0) is 4.74 Å². The summed E-state index contributed by atoms with van der Waals surface area (Å²) in [6, 6.07) is -0.169. The zero-order valence-corrected chi connectivity index (χ0v) is 9.34. The Balaban J connectivity index is 2.66. The van der Waals surface area contributed by atoms with E-state index in [9.17, 15) is 5.11 Å². The fraction of sp³-hybridized carbons (Fsp3) is 0.700. The maximum absolute atomic E-state index is 9.72. The number of nitrogens with two attached hydrogens (primary N) is 2. The fourth-order valence-electron chi connectivity index (χ4n) is 1.74. The molecule has 1 rings (SSSR count). The summed E-state index contributed by atoms with van der Waals surface area (Å²) in [4.78, 5) is 4.02. The quantitative estimate of drug-likeness (QED) is 0.367. The SMILES string of the molecule is CC1=CC(N=C(N)N)CC(C(O)CCO)O1. The van der Waals surface area contributed by atoms with Crippen molar-refractivity contribution in [2.75, 3.05) is 6.61 Å². The van der Waals surface area contributed by atoms with E-state index in [1.54, 1.807) is 6.92 Å². The molecule has 0 aliphatic carbocycles. The van der Waals surface area contributed by atoms with Crippen molar-refractivity contribution in [1.82, 2.24) is 0 Å². The van der Waals surface area contributed by atoms with Gasteiger partial charge in [-0.25, -0.2) is 4.99 Å². The minimum absolute atomic E-state index is 0.0198. The summed E-state index contributed by atoms with van der Waals surface area (Å²) in [6.07, 6.45) is 1.53. The normalized spacial score (nSPS) is 26.6. The maximum Gasteiger partial charge on any atom is 0.186 e. The molecule has 6 heteroatoms. The Hall–Kier alpha value is -1.27. The van der Waals surface area contributed by atoms with E-state index in [0.717, 1.165) is 0 Å². The van der Waals surface area contributed by atoms with Gasteiger partial charge in [-0.15, -0.1) is 0 Å². The van der Waals surface area contributed by atoms with Gasteiger partial charge in [0.15, 0.2) is 5.96 Å². The molecule has 0 amide bonds. The smallest absolute Gasteiger partial charge is 0.186 e. The van der Waals surface area contributed by atoms with Crippen LogP contribution < -0.4 is 11.5 Å². The zero-order valence-electron chi connectivity index (χ0n) is 9.34. The molecule has 3 atom stereocenters. The van der Waals surface area contributed by atoms with E-state index in [0.29, 0.717) is 12.2 Å². The lowest BCUT2D eigenvalue weighted by atomic mass is 10.00. The van der Waals surface area contributed by atoms with Gasteiger partial charge in [0, 0.05) is 19.4 Å². The summed E-state index contributed by atoms with van der Waals surface area (Å²) in [7, 11) is 0. The van der Waals surface area contributed by atoms with Gasteiger partial charge < -0.3 is 26.4 Å². The summed E-state index contributed by atoms with van der Waals surface area (Å²) in [5.74, 6) is 0.703. The molecule has 3 unspecified atom stereocenters. The molecule has 0 aromatic rings. The largest absolute Gasteiger partial charge is 0.493 e. The molecule has 0 aromatic carbocycles. The van der Waals surface area contributed by atoms with Crippen molar-refractivity contribution < 1.29 is 14.9 Å². The summed E-state index contributed by atoms with van der Waals surface area (Å²) >= 11 is 0. The predicted octanol–water partition coefficient (Wildman–Crippen LogP) is -0.936. The van der Waals surface area contributed by atoms with Crippen LogP contribution in [0.25, 0.3) is 0 Å². The van der Waals surface area contributed by atoms with Gasteiger partial charge in [-0.2, -0.15) is 0 Å². The van der Waals surface area contributed by atoms with Gasteiger partial charge in [-0.3, -0.25) is 0 Å². The molecule has 0 aromatic heterocycles. The van der Waals surface area contributed by atoms with Crippen molar-refractivity contribution in [3.8, 4) is 0 Å². The molecule has 0 saturated heterocycles. The first-order valence-corrected chi connectivity index (χ1v) is 5.25. The Morgan fingerprint density at radius 2 is 2.38 bits per heavy atom. The third-order valence-corrected chi connectivity index (χ3v) is 2.41. The second-order valence-corrected chi connectivity index (χ2v) is 3.87. The number of nitrogens with zero attached hydrogens (tertiary/aromatic N) is 1. The molecule has 6 nitrogen and oxygen atoms in total. The van der Waals surface area contributed by atoms with Crippen LogP contribution in [0.1, 0.15) is 19.8 Å². The highest BCUT2D eigenvalue weighted by atomic mass is 16.5. The second kappa shape index (κ2) is 5.72. The number of ether oxygens (including phenoxy) is 1. The lowest BCUT2D eigenvalue weighted by molar-refractivity contribution is -0.0274. The van der Waals surface area contributed by atoms with E-state index >= 15 is 0 Å². The minimum atomic E-state index is -0.703. The molecule has 1 aliphatic rings. The molecule has 1 heterocycles. The molecule has 1 aliphatic heterocycles. The Labute approximate surface area is 94.6 Å². The molecule has 6 N–H and O–H groups in total. The van der Waals surface area contributed by atoms with E-state index in [1.165, 1.54) is 0 Å². The Kier molecular flexibility index (Phi) is 4.57. The molecular formula is C10H19N3O3. The predicted molar refractivity (Wildman–Crippen MR) is 60.6 cm³/mol. The number of hydrogen-bond acceptors (Lipinski definition) is 4. The number of aliphatic imine (C=N–C) groups is 1. The first kappa shape index (κ1) is 12.8. The van der Waals surface area contributed by atoms with Crippen molar-refractivity contribution in [3.05, 3.63) is 11.8 Å². The Bertz CT molecular complexity index is 287. The number of aliphatic hydroxyl groups is 2. The Morgan fingerprint density at radius 3 is 2.94 bits per heavy atom. The fourth-order valence-corrected chi connectivity index (χ4v) is 1.74. The molecule has 92 valence electrons. The van der Waals surface area contributed by atoms with Gasteiger partial charge in [-0.05, 0) is 13.0 Å². The van der Waals surface area contributed by atoms with Gasteiger partial charge in [-0.1, -0.05) is 0 Å². The van der Waals surface area contributed by atoms with Crippen LogP contribution in [0.15, 0.2) is 16.8 Å². The van der Waals surface area contributed by atoms with Crippen LogP contribution >= 0.6 is 0 Å². The number of aliphatic hydroxyl groups excluding tert-OH is 2. The molecule has 0 spiro atoms. The first-order chi connectivity index (χ1) is 7.52. The second-order valence-electron chi connectivity index (χ2n) is 3.87. The Morgan fingerprint density at radius 1 is 1.69 bits per heavy atom. The monoisotopic (exact) mass is 229 g/mol. The first-order valence-electron chi connectivity index (χ1n) is 5.25. The molecule has 0 saturated carbocycles. The van der Waals surface area contributed by atoms with Crippen LogP contribution in [0.5, 0.6) is 0 Å². The summed E-state index contributed by atoms with van der Waals surface area (Å²) < 4.78 is 5.46. The van der Waals surface area contributed by atoms with E-state index in [-0.39, 0.29) is 31.1 Å². The third-order valence-electron chi connectivity index (χ3n) is 2.41. The van der Waals surface area contributed by atoms with Gasteiger partial charge >= 0.3 is 0 Å². The van der Waals surface area contributed by atoms with Crippen LogP contribution in [0.2, 0.25) is 0 Å². The number of rotatable bonds is 4. The third kappa shape index (κ3) is 3.71. The number of hydrogen-bond donors (Lipinski definition) is 4. The number of guanidine groups is 1. The van der Waals surface area contributed by atoms with Gasteiger partial charge in [0.2, 0.25) is 0 Å². The minimum Gasteiger partial charge on any atom is -0.493 e. The van der Waals surface area contributed by atoms with Gasteiger partial charge in [0.1, 0.15) is 6.10 Å². The lowest BCUT2D eigenvalue weighted by Crippen LogP contribution is -2.36. The molecule has 0 bridgehead atoms. The average Bonchev–Trinajstić information content (AvgIpc) is 2.15. The van der Waals surface area contributed by atoms with Crippen molar-refractivity contribution in [1.29, 1.82) is 0 Å². The average molecular weight is 229 g/mol. The summed E-state index contributed by atoms with van der Waals surface area (Å²) in [5.41, 5.74) is 10.6. The van der Waals surface area contributed by atoms with Crippen molar-refractivity contribution in [3.63, 3.8) is 0 Å². The standard InChI is InChI=1S/C10H19N3O3/c1-6-4-7(13-10(11)12)5-9(16-6)8(15)2-3-14/h4,7-9,14-15H,2-3,5H2,1H3,(H4,11,12,13). The van der Waals surface area contributed by atoms with Crippen LogP contribution in [0.4, 0.5) is 0 Å². The van der Waals surface area contributed by atoms with Crippen molar-refractivity contribution in [2.45, 2.75) is 38.0 Å². The highest BCUT2D eigenvalue weighted by Gasteiger charge is 2.27. The van der Waals surface area contributed by atoms with Crippen LogP contribution in [-0.4, -0.2) is 41.0 Å². The highest BCUT2D eigenvalue weighted by molar-refractivity contribution is 5.76. The summed E-state index contributed by atoms with van der Waals surface area (Å²) in [6.45, 7) is 1.71. The van der Waals surface area contributed by atoms with Crippen molar-refractivity contribution in [2.24, 2.45) is 16.5 Å². The maximum atomic E-state index is 9.72. The molecule has 0 radical (unpaired) electrons. The summed E-state index contributed by atoms with van der Waals surface area (Å²) in [5, 5.41) is 18.5. The highest BCUT2D eigenvalue weighted by Crippen LogP contribution is 2.22. The van der Waals surface area contributed by atoms with Gasteiger partial charge in [0.25, 0.3) is 0 Å². The van der Waals surface area contributed by atoms with E-state index in [2.05, 4.69) is 4.99 Å². The van der Waals surface area contributed by atoms with Crippen LogP contribution in [0.3, 0.4) is 0 Å². The molecule has 16 heavy (non-hydrogen) atoms.